The fourth-order valence-corrected chi connectivity index (χ4v) is 6.10. The number of urea groups is 1. The summed E-state index contributed by atoms with van der Waals surface area (Å²) in [5, 5.41) is 3.15. The van der Waals surface area contributed by atoms with Crippen molar-refractivity contribution in [2.24, 2.45) is 0 Å². The Bertz CT molecular complexity index is 1070. The molecule has 2 saturated heterocycles. The molecule has 1 N–H and O–H groups in total. The number of fused-ring (bicyclic) bond motifs is 1. The molecule has 2 heterocycles. The fourth-order valence-electron chi connectivity index (χ4n) is 6.10. The Kier molecular flexibility index (Phi) is 6.50. The Morgan fingerprint density at radius 1 is 1.00 bits per heavy atom. The van der Waals surface area contributed by atoms with Crippen molar-refractivity contribution < 1.29 is 19.1 Å². The molecule has 1 aliphatic carbocycles. The standard InChI is InChI=1S/C28H33N3O4/c1-35-24-13-6-5-11-22(24)25(32)29-19-28(20-9-3-2-4-10-20)16-14-21(15-17-28)31-26(33)23-12-7-8-18-30(23)27(31)34/h2-6,9-11,13,21,23H,7-8,12,14-19H2,1H3,(H,29,32). The molecule has 3 aliphatic rings. The van der Waals surface area contributed by atoms with Crippen molar-refractivity contribution in [3.05, 3.63) is 65.7 Å². The number of carbonyl (C=O) groups excluding carboxylic acids is 3. The first-order chi connectivity index (χ1) is 17.0. The summed E-state index contributed by atoms with van der Waals surface area (Å²) < 4.78 is 5.37. The van der Waals surface area contributed by atoms with E-state index in [9.17, 15) is 14.4 Å². The molecular weight excluding hydrogens is 442 g/mol. The topological polar surface area (TPSA) is 79.0 Å². The third-order valence-electron chi connectivity index (χ3n) is 8.08. The smallest absolute Gasteiger partial charge is 0.327 e. The zero-order chi connectivity index (χ0) is 24.4. The molecule has 2 aliphatic heterocycles. The number of hydrogen-bond donors (Lipinski definition) is 1. The number of hydrogen-bond acceptors (Lipinski definition) is 4. The predicted molar refractivity (Wildman–Crippen MR) is 132 cm³/mol. The summed E-state index contributed by atoms with van der Waals surface area (Å²) in [6.07, 6.45) is 5.79. The Morgan fingerprint density at radius 2 is 1.71 bits per heavy atom. The van der Waals surface area contributed by atoms with Gasteiger partial charge in [-0.1, -0.05) is 42.5 Å². The van der Waals surface area contributed by atoms with Crippen LogP contribution < -0.4 is 10.1 Å². The minimum Gasteiger partial charge on any atom is -0.496 e. The quantitative estimate of drug-likeness (QED) is 0.638. The van der Waals surface area contributed by atoms with Gasteiger partial charge in [-0.25, -0.2) is 4.79 Å². The number of para-hydroxylation sites is 1. The Balaban J connectivity index is 1.32. The van der Waals surface area contributed by atoms with Gasteiger partial charge in [0, 0.05) is 24.5 Å². The van der Waals surface area contributed by atoms with Crippen molar-refractivity contribution in [3.8, 4) is 5.75 Å². The highest BCUT2D eigenvalue weighted by Gasteiger charge is 2.50. The Morgan fingerprint density at radius 3 is 2.43 bits per heavy atom. The lowest BCUT2D eigenvalue weighted by molar-refractivity contribution is -0.130. The van der Waals surface area contributed by atoms with Crippen molar-refractivity contribution in [1.29, 1.82) is 0 Å². The van der Waals surface area contributed by atoms with E-state index in [1.54, 1.807) is 29.0 Å². The number of nitrogens with one attached hydrogen (secondary N) is 1. The molecule has 7 nitrogen and oxygen atoms in total. The average Bonchev–Trinajstić information content (AvgIpc) is 3.17. The van der Waals surface area contributed by atoms with Gasteiger partial charge in [0.05, 0.1) is 12.7 Å². The number of imide groups is 1. The lowest BCUT2D eigenvalue weighted by atomic mass is 9.67. The number of piperidine rings is 1. The SMILES string of the molecule is COc1ccccc1C(=O)NCC1(c2ccccc2)CCC(N2C(=O)C3CCCCN3C2=O)CC1. The monoisotopic (exact) mass is 475 g/mol. The summed E-state index contributed by atoms with van der Waals surface area (Å²) >= 11 is 0. The van der Waals surface area contributed by atoms with Gasteiger partial charge in [-0.2, -0.15) is 0 Å². The summed E-state index contributed by atoms with van der Waals surface area (Å²) in [6.45, 7) is 1.17. The molecular formula is C28H33N3O4. The van der Waals surface area contributed by atoms with E-state index >= 15 is 0 Å². The van der Waals surface area contributed by atoms with E-state index in [1.807, 2.05) is 30.3 Å². The van der Waals surface area contributed by atoms with Crippen molar-refractivity contribution in [1.82, 2.24) is 15.1 Å². The summed E-state index contributed by atoms with van der Waals surface area (Å²) in [4.78, 5) is 42.6. The zero-order valence-corrected chi connectivity index (χ0v) is 20.2. The number of benzene rings is 2. The van der Waals surface area contributed by atoms with Crippen LogP contribution in [0.15, 0.2) is 54.6 Å². The van der Waals surface area contributed by atoms with Crippen molar-refractivity contribution in [2.45, 2.75) is 62.4 Å². The van der Waals surface area contributed by atoms with E-state index < -0.39 is 0 Å². The van der Waals surface area contributed by atoms with Gasteiger partial charge in [-0.3, -0.25) is 14.5 Å². The Labute approximate surface area is 206 Å². The number of methoxy groups -OCH3 is 1. The molecule has 5 rings (SSSR count). The maximum absolute atomic E-state index is 13.1. The van der Waals surface area contributed by atoms with Crippen LogP contribution in [0.25, 0.3) is 0 Å². The normalized spacial score (nSPS) is 26.4. The molecule has 2 aromatic rings. The van der Waals surface area contributed by atoms with Crippen LogP contribution in [0.2, 0.25) is 0 Å². The molecule has 184 valence electrons. The number of amides is 4. The van der Waals surface area contributed by atoms with Crippen molar-refractivity contribution in [3.63, 3.8) is 0 Å². The van der Waals surface area contributed by atoms with Crippen LogP contribution in [0.3, 0.4) is 0 Å². The molecule has 1 unspecified atom stereocenters. The van der Waals surface area contributed by atoms with Gasteiger partial charge in [0.25, 0.3) is 11.8 Å². The third-order valence-corrected chi connectivity index (χ3v) is 8.08. The molecule has 7 heteroatoms. The molecule has 0 radical (unpaired) electrons. The van der Waals surface area contributed by atoms with Crippen LogP contribution in [-0.4, -0.2) is 59.9 Å². The summed E-state index contributed by atoms with van der Waals surface area (Å²) in [6, 6.07) is 17.0. The minimum absolute atomic E-state index is 0.0172. The second-order valence-electron chi connectivity index (χ2n) is 9.96. The summed E-state index contributed by atoms with van der Waals surface area (Å²) in [5.74, 6) is 0.364. The zero-order valence-electron chi connectivity index (χ0n) is 20.2. The molecule has 1 atom stereocenters. The fraction of sp³-hybridized carbons (Fsp3) is 0.464. The molecule has 35 heavy (non-hydrogen) atoms. The summed E-state index contributed by atoms with van der Waals surface area (Å²) in [5.41, 5.74) is 1.43. The largest absolute Gasteiger partial charge is 0.496 e. The van der Waals surface area contributed by atoms with Gasteiger partial charge >= 0.3 is 6.03 Å². The van der Waals surface area contributed by atoms with Crippen LogP contribution in [0, 0.1) is 0 Å². The van der Waals surface area contributed by atoms with Crippen molar-refractivity contribution in [2.75, 3.05) is 20.2 Å². The maximum atomic E-state index is 13.1. The molecule has 3 fully saturated rings. The lowest BCUT2D eigenvalue weighted by Crippen LogP contribution is -2.49. The number of carbonyl (C=O) groups is 3. The molecule has 4 amide bonds. The first kappa shape index (κ1) is 23.4. The third kappa shape index (κ3) is 4.28. The van der Waals surface area contributed by atoms with Crippen LogP contribution in [0.1, 0.15) is 60.9 Å². The minimum atomic E-state index is -0.266. The van der Waals surface area contributed by atoms with Crippen LogP contribution >= 0.6 is 0 Å². The highest BCUT2D eigenvalue weighted by molar-refractivity contribution is 6.04. The number of nitrogens with zero attached hydrogens (tertiary/aromatic N) is 2. The second-order valence-corrected chi connectivity index (χ2v) is 9.96. The second kappa shape index (κ2) is 9.72. The molecule has 2 aromatic carbocycles. The Hall–Kier alpha value is -3.35. The first-order valence-electron chi connectivity index (χ1n) is 12.6. The molecule has 0 bridgehead atoms. The van der Waals surface area contributed by atoms with Crippen molar-refractivity contribution >= 4 is 17.8 Å². The van der Waals surface area contributed by atoms with Crippen LogP contribution in [-0.2, 0) is 10.2 Å². The average molecular weight is 476 g/mol. The number of ether oxygens (including phenoxy) is 1. The first-order valence-corrected chi connectivity index (χ1v) is 12.6. The molecule has 0 spiro atoms. The van der Waals surface area contributed by atoms with Crippen LogP contribution in [0.5, 0.6) is 5.75 Å². The van der Waals surface area contributed by atoms with Crippen LogP contribution in [0.4, 0.5) is 4.79 Å². The van der Waals surface area contributed by atoms with Gasteiger partial charge < -0.3 is 15.0 Å². The van der Waals surface area contributed by atoms with Gasteiger partial charge in [0.2, 0.25) is 0 Å². The van der Waals surface area contributed by atoms with E-state index in [0.29, 0.717) is 24.4 Å². The molecule has 0 aromatic heterocycles. The predicted octanol–water partition coefficient (Wildman–Crippen LogP) is 4.12. The number of rotatable bonds is 6. The van der Waals surface area contributed by atoms with E-state index in [1.165, 1.54) is 5.56 Å². The van der Waals surface area contributed by atoms with E-state index in [-0.39, 0.29) is 35.3 Å². The lowest BCUT2D eigenvalue weighted by Gasteiger charge is -2.42. The van der Waals surface area contributed by atoms with E-state index in [0.717, 1.165) is 44.9 Å². The highest BCUT2D eigenvalue weighted by atomic mass is 16.5. The van der Waals surface area contributed by atoms with Gasteiger partial charge in [0.1, 0.15) is 11.8 Å². The van der Waals surface area contributed by atoms with Gasteiger partial charge in [0.15, 0.2) is 0 Å². The van der Waals surface area contributed by atoms with Gasteiger partial charge in [-0.05, 0) is 62.6 Å². The summed E-state index contributed by atoms with van der Waals surface area (Å²) in [7, 11) is 1.56. The van der Waals surface area contributed by atoms with Gasteiger partial charge in [-0.15, -0.1) is 0 Å². The maximum Gasteiger partial charge on any atom is 0.327 e. The molecule has 1 saturated carbocycles. The van der Waals surface area contributed by atoms with E-state index in [2.05, 4.69) is 17.4 Å². The van der Waals surface area contributed by atoms with E-state index in [4.69, 9.17) is 4.74 Å². The highest BCUT2D eigenvalue weighted by Crippen LogP contribution is 2.42.